The van der Waals surface area contributed by atoms with Crippen LogP contribution in [0, 0.1) is 5.41 Å². The fourth-order valence-corrected chi connectivity index (χ4v) is 3.38. The minimum atomic E-state index is 0.227. The number of guanidine groups is 1. The Morgan fingerprint density at radius 2 is 2.08 bits per heavy atom. The third-order valence-electron chi connectivity index (χ3n) is 4.97. The molecule has 6 nitrogen and oxygen atoms in total. The van der Waals surface area contributed by atoms with Crippen molar-refractivity contribution >= 4 is 5.96 Å². The molecule has 0 aromatic carbocycles. The van der Waals surface area contributed by atoms with Gasteiger partial charge in [-0.15, -0.1) is 0 Å². The molecule has 1 unspecified atom stereocenters. The summed E-state index contributed by atoms with van der Waals surface area (Å²) in [6.07, 6.45) is 5.63. The molecule has 2 aliphatic heterocycles. The van der Waals surface area contributed by atoms with E-state index < -0.39 is 0 Å². The maximum Gasteiger partial charge on any atom is 0.191 e. The molecule has 0 amide bonds. The van der Waals surface area contributed by atoms with Crippen molar-refractivity contribution in [3.8, 4) is 0 Å². The van der Waals surface area contributed by atoms with Gasteiger partial charge >= 0.3 is 0 Å². The van der Waals surface area contributed by atoms with E-state index in [0.29, 0.717) is 0 Å². The Hall–Kier alpha value is -1.53. The maximum absolute atomic E-state index is 5.70. The Bertz CT molecular complexity index is 519. The fraction of sp³-hybridized carbons (Fsp3) is 0.722. The molecule has 3 heterocycles. The summed E-state index contributed by atoms with van der Waals surface area (Å²) in [4.78, 5) is 6.87. The number of ether oxygens (including phenoxy) is 1. The van der Waals surface area contributed by atoms with Crippen molar-refractivity contribution in [1.82, 2.24) is 15.5 Å². The summed E-state index contributed by atoms with van der Waals surface area (Å²) in [5.74, 6) is 1.87. The summed E-state index contributed by atoms with van der Waals surface area (Å²) < 4.78 is 11.0. The Balaban J connectivity index is 1.55. The van der Waals surface area contributed by atoms with Gasteiger partial charge in [-0.25, -0.2) is 0 Å². The van der Waals surface area contributed by atoms with E-state index in [9.17, 15) is 0 Å². The number of rotatable bonds is 6. The highest BCUT2D eigenvalue weighted by Crippen LogP contribution is 2.26. The fourth-order valence-electron chi connectivity index (χ4n) is 3.38. The van der Waals surface area contributed by atoms with Gasteiger partial charge in [-0.3, -0.25) is 9.89 Å². The second-order valence-corrected chi connectivity index (χ2v) is 7.24. The number of hydrogen-bond acceptors (Lipinski definition) is 4. The van der Waals surface area contributed by atoms with E-state index in [1.165, 1.54) is 19.3 Å². The van der Waals surface area contributed by atoms with Crippen LogP contribution >= 0.6 is 0 Å². The van der Waals surface area contributed by atoms with Crippen molar-refractivity contribution in [2.24, 2.45) is 10.4 Å². The topological polar surface area (TPSA) is 62.0 Å². The predicted molar refractivity (Wildman–Crippen MR) is 95.2 cm³/mol. The van der Waals surface area contributed by atoms with Crippen LogP contribution in [-0.2, 0) is 4.74 Å². The smallest absolute Gasteiger partial charge is 0.191 e. The lowest BCUT2D eigenvalue weighted by Crippen LogP contribution is -2.52. The van der Waals surface area contributed by atoms with Crippen molar-refractivity contribution in [3.63, 3.8) is 0 Å². The molecule has 0 spiro atoms. The number of aliphatic imine (C=N–C) groups is 1. The van der Waals surface area contributed by atoms with Gasteiger partial charge in [0.15, 0.2) is 5.96 Å². The predicted octanol–water partition coefficient (Wildman–Crippen LogP) is 2.01. The molecule has 3 rings (SSSR count). The number of furan rings is 1. The molecule has 2 aliphatic rings. The molecule has 1 atom stereocenters. The molecule has 0 saturated carbocycles. The SMILES string of the molecule is CN=C(NCC(c1ccco1)N1CCCCC1)NCC1(C)COC1. The van der Waals surface area contributed by atoms with E-state index in [4.69, 9.17) is 9.15 Å². The maximum atomic E-state index is 5.70. The molecule has 0 aliphatic carbocycles. The van der Waals surface area contributed by atoms with Gasteiger partial charge in [-0.1, -0.05) is 13.3 Å². The zero-order valence-corrected chi connectivity index (χ0v) is 14.9. The molecule has 1 aromatic heterocycles. The minimum absolute atomic E-state index is 0.227. The monoisotopic (exact) mass is 334 g/mol. The zero-order valence-electron chi connectivity index (χ0n) is 14.9. The van der Waals surface area contributed by atoms with E-state index in [-0.39, 0.29) is 11.5 Å². The molecule has 134 valence electrons. The number of likely N-dealkylation sites (tertiary alicyclic amines) is 1. The second kappa shape index (κ2) is 8.03. The highest BCUT2D eigenvalue weighted by molar-refractivity contribution is 5.79. The average molecular weight is 334 g/mol. The Morgan fingerprint density at radius 1 is 1.29 bits per heavy atom. The van der Waals surface area contributed by atoms with Crippen molar-refractivity contribution in [2.45, 2.75) is 32.2 Å². The van der Waals surface area contributed by atoms with Gasteiger partial charge in [0.2, 0.25) is 0 Å². The number of hydrogen-bond donors (Lipinski definition) is 2. The first-order chi connectivity index (χ1) is 11.7. The average Bonchev–Trinajstić information content (AvgIpc) is 3.11. The second-order valence-electron chi connectivity index (χ2n) is 7.24. The van der Waals surface area contributed by atoms with Crippen molar-refractivity contribution in [2.75, 3.05) is 46.4 Å². The van der Waals surface area contributed by atoms with Gasteiger partial charge in [0.1, 0.15) is 5.76 Å². The van der Waals surface area contributed by atoms with E-state index >= 15 is 0 Å². The van der Waals surface area contributed by atoms with Crippen LogP contribution < -0.4 is 10.6 Å². The lowest BCUT2D eigenvalue weighted by Gasteiger charge is -2.38. The van der Waals surface area contributed by atoms with E-state index in [1.807, 2.05) is 13.1 Å². The summed E-state index contributed by atoms with van der Waals surface area (Å²) in [5.41, 5.74) is 0.227. The van der Waals surface area contributed by atoms with E-state index in [0.717, 1.165) is 51.1 Å². The summed E-state index contributed by atoms with van der Waals surface area (Å²) in [6, 6.07) is 4.29. The first kappa shape index (κ1) is 17.3. The molecule has 0 radical (unpaired) electrons. The number of nitrogens with one attached hydrogen (secondary N) is 2. The largest absolute Gasteiger partial charge is 0.468 e. The van der Waals surface area contributed by atoms with Crippen molar-refractivity contribution in [3.05, 3.63) is 24.2 Å². The van der Waals surface area contributed by atoms with Crippen LogP contribution in [0.1, 0.15) is 38.0 Å². The van der Waals surface area contributed by atoms with Gasteiger partial charge in [0.05, 0.1) is 25.5 Å². The van der Waals surface area contributed by atoms with Crippen LogP contribution in [0.2, 0.25) is 0 Å². The standard InChI is InChI=1S/C18H30N4O2/c1-18(13-23-14-18)12-21-17(19-2)20-11-15(16-7-6-10-24-16)22-8-4-3-5-9-22/h6-7,10,15H,3-5,8-9,11-14H2,1-2H3,(H2,19,20,21). The molecule has 24 heavy (non-hydrogen) atoms. The van der Waals surface area contributed by atoms with E-state index in [1.54, 1.807) is 6.26 Å². The van der Waals surface area contributed by atoms with Crippen LogP contribution in [0.15, 0.2) is 27.8 Å². The lowest BCUT2D eigenvalue weighted by atomic mass is 9.89. The Morgan fingerprint density at radius 3 is 2.67 bits per heavy atom. The molecule has 2 saturated heterocycles. The van der Waals surface area contributed by atoms with Crippen molar-refractivity contribution < 1.29 is 9.15 Å². The molecule has 2 fully saturated rings. The Labute approximate surface area is 144 Å². The molecular formula is C18H30N4O2. The van der Waals surface area contributed by atoms with Crippen LogP contribution in [0.4, 0.5) is 0 Å². The van der Waals surface area contributed by atoms with Gasteiger partial charge in [-0.2, -0.15) is 0 Å². The molecule has 0 bridgehead atoms. The third-order valence-corrected chi connectivity index (χ3v) is 4.97. The first-order valence-electron chi connectivity index (χ1n) is 9.00. The van der Waals surface area contributed by atoms with Crippen molar-refractivity contribution in [1.29, 1.82) is 0 Å². The van der Waals surface area contributed by atoms with Gasteiger partial charge in [0.25, 0.3) is 0 Å². The molecule has 1 aromatic rings. The summed E-state index contributed by atoms with van der Waals surface area (Å²) in [6.45, 7) is 7.81. The zero-order chi connectivity index (χ0) is 16.8. The van der Waals surface area contributed by atoms with Gasteiger partial charge in [-0.05, 0) is 38.1 Å². The highest BCUT2D eigenvalue weighted by Gasteiger charge is 2.33. The quantitative estimate of drug-likeness (QED) is 0.615. The van der Waals surface area contributed by atoms with Crippen LogP contribution in [-0.4, -0.2) is 57.3 Å². The molecule has 2 N–H and O–H groups in total. The first-order valence-corrected chi connectivity index (χ1v) is 9.00. The number of piperidine rings is 1. The normalized spacial score (nSPS) is 22.7. The van der Waals surface area contributed by atoms with Gasteiger partial charge in [0, 0.05) is 25.6 Å². The minimum Gasteiger partial charge on any atom is -0.468 e. The summed E-state index contributed by atoms with van der Waals surface area (Å²) >= 11 is 0. The molecule has 6 heteroatoms. The lowest BCUT2D eigenvalue weighted by molar-refractivity contribution is -0.0971. The summed E-state index contributed by atoms with van der Waals surface area (Å²) in [7, 11) is 1.82. The van der Waals surface area contributed by atoms with Crippen LogP contribution in [0.5, 0.6) is 0 Å². The highest BCUT2D eigenvalue weighted by atomic mass is 16.5. The molecular weight excluding hydrogens is 304 g/mol. The van der Waals surface area contributed by atoms with Gasteiger partial charge < -0.3 is 19.8 Å². The van der Waals surface area contributed by atoms with E-state index in [2.05, 4.69) is 33.5 Å². The third kappa shape index (κ3) is 4.30. The Kier molecular flexibility index (Phi) is 5.79. The van der Waals surface area contributed by atoms with Crippen LogP contribution in [0.3, 0.4) is 0 Å². The number of nitrogens with zero attached hydrogens (tertiary/aromatic N) is 2. The summed E-state index contributed by atoms with van der Waals surface area (Å²) in [5, 5.41) is 6.90. The van der Waals surface area contributed by atoms with Crippen LogP contribution in [0.25, 0.3) is 0 Å².